The summed E-state index contributed by atoms with van der Waals surface area (Å²) in [5, 5.41) is 3.22. The van der Waals surface area contributed by atoms with Gasteiger partial charge in [0.1, 0.15) is 0 Å². The van der Waals surface area contributed by atoms with Gasteiger partial charge >= 0.3 is 0 Å². The third-order valence-electron chi connectivity index (χ3n) is 5.03. The second-order valence-electron chi connectivity index (χ2n) is 6.29. The van der Waals surface area contributed by atoms with Gasteiger partial charge in [0.05, 0.1) is 11.3 Å². The number of carbonyl (C=O) groups is 1. The maximum absolute atomic E-state index is 12.6. The Morgan fingerprint density at radius 1 is 1.23 bits per heavy atom. The normalized spacial score (nSPS) is 26.8. The molecule has 0 aliphatic carbocycles. The van der Waals surface area contributed by atoms with Gasteiger partial charge in [0.2, 0.25) is 0 Å². The van der Waals surface area contributed by atoms with Crippen LogP contribution in [0.3, 0.4) is 0 Å². The maximum Gasteiger partial charge on any atom is 0.253 e. The molecule has 2 aromatic heterocycles. The summed E-state index contributed by atoms with van der Waals surface area (Å²) >= 11 is 0. The lowest BCUT2D eigenvalue weighted by molar-refractivity contribution is 0.0620. The van der Waals surface area contributed by atoms with Crippen LogP contribution in [0.2, 0.25) is 0 Å². The number of nitrogens with one attached hydrogen (secondary N) is 1. The molecule has 1 amide bonds. The van der Waals surface area contributed by atoms with Crippen molar-refractivity contribution < 1.29 is 4.79 Å². The molecule has 0 unspecified atom stereocenters. The van der Waals surface area contributed by atoms with Crippen LogP contribution < -0.4 is 5.32 Å². The van der Waals surface area contributed by atoms with Gasteiger partial charge in [-0.25, -0.2) is 0 Å². The fraction of sp³-hybridized carbons (Fsp3) is 0.389. The SMILES string of the molecule is C#Cc1ccc2ccc(C(=O)N[C@H]3CN4CCC3CC4)cn12. The van der Waals surface area contributed by atoms with Gasteiger partial charge in [0, 0.05) is 24.3 Å². The van der Waals surface area contributed by atoms with E-state index in [1.165, 1.54) is 25.9 Å². The van der Waals surface area contributed by atoms with Crippen LogP contribution >= 0.6 is 0 Å². The maximum atomic E-state index is 12.6. The number of hydrogen-bond acceptors (Lipinski definition) is 2. The first-order valence-corrected chi connectivity index (χ1v) is 7.85. The molecule has 2 aromatic rings. The number of amides is 1. The summed E-state index contributed by atoms with van der Waals surface area (Å²) in [5.41, 5.74) is 2.44. The van der Waals surface area contributed by atoms with Crippen molar-refractivity contribution in [2.24, 2.45) is 5.92 Å². The van der Waals surface area contributed by atoms with E-state index < -0.39 is 0 Å². The molecule has 4 nitrogen and oxygen atoms in total. The fourth-order valence-electron chi connectivity index (χ4n) is 3.73. The van der Waals surface area contributed by atoms with Crippen molar-refractivity contribution in [2.75, 3.05) is 19.6 Å². The van der Waals surface area contributed by atoms with Gasteiger partial charge in [-0.3, -0.25) is 4.79 Å². The first-order valence-electron chi connectivity index (χ1n) is 7.85. The predicted molar refractivity (Wildman–Crippen MR) is 85.8 cm³/mol. The number of pyridine rings is 1. The number of aromatic nitrogens is 1. The van der Waals surface area contributed by atoms with E-state index in [0.29, 0.717) is 11.5 Å². The molecule has 0 radical (unpaired) electrons. The van der Waals surface area contributed by atoms with Gasteiger partial charge < -0.3 is 14.6 Å². The summed E-state index contributed by atoms with van der Waals surface area (Å²) in [5.74, 6) is 3.27. The van der Waals surface area contributed by atoms with E-state index in [0.717, 1.165) is 17.8 Å². The average molecular weight is 293 g/mol. The molecule has 0 spiro atoms. The van der Waals surface area contributed by atoms with Crippen molar-refractivity contribution in [1.82, 2.24) is 14.6 Å². The monoisotopic (exact) mass is 293 g/mol. The average Bonchev–Trinajstić information content (AvgIpc) is 2.98. The lowest BCUT2D eigenvalue weighted by Crippen LogP contribution is -2.57. The zero-order chi connectivity index (χ0) is 15.1. The molecule has 1 atom stereocenters. The molecule has 4 heteroatoms. The zero-order valence-corrected chi connectivity index (χ0v) is 12.5. The van der Waals surface area contributed by atoms with Crippen molar-refractivity contribution in [1.29, 1.82) is 0 Å². The Morgan fingerprint density at radius 2 is 2.00 bits per heavy atom. The molecular weight excluding hydrogens is 274 g/mol. The molecule has 5 rings (SSSR count). The smallest absolute Gasteiger partial charge is 0.253 e. The summed E-state index contributed by atoms with van der Waals surface area (Å²) in [4.78, 5) is 15.0. The minimum atomic E-state index is -0.00248. The number of carbonyl (C=O) groups excluding carboxylic acids is 1. The molecule has 22 heavy (non-hydrogen) atoms. The predicted octanol–water partition coefficient (Wildman–Crippen LogP) is 1.74. The molecule has 0 saturated carbocycles. The molecule has 0 aromatic carbocycles. The van der Waals surface area contributed by atoms with Gasteiger partial charge in [-0.2, -0.15) is 0 Å². The van der Waals surface area contributed by atoms with Crippen molar-refractivity contribution in [3.63, 3.8) is 0 Å². The number of fused-ring (bicyclic) bond motifs is 4. The van der Waals surface area contributed by atoms with Crippen LogP contribution in [0.4, 0.5) is 0 Å². The minimum Gasteiger partial charge on any atom is -0.348 e. The summed E-state index contributed by atoms with van der Waals surface area (Å²) < 4.78 is 1.89. The van der Waals surface area contributed by atoms with Gasteiger partial charge in [-0.15, -0.1) is 6.42 Å². The Balaban J connectivity index is 1.56. The molecule has 1 N–H and O–H groups in total. The third kappa shape index (κ3) is 2.18. The molecule has 3 saturated heterocycles. The zero-order valence-electron chi connectivity index (χ0n) is 12.5. The van der Waals surface area contributed by atoms with E-state index in [4.69, 9.17) is 6.42 Å². The highest BCUT2D eigenvalue weighted by Crippen LogP contribution is 2.27. The van der Waals surface area contributed by atoms with Crippen molar-refractivity contribution in [3.8, 4) is 12.3 Å². The highest BCUT2D eigenvalue weighted by Gasteiger charge is 2.34. The summed E-state index contributed by atoms with van der Waals surface area (Å²) in [6, 6.07) is 7.94. The van der Waals surface area contributed by atoms with Crippen molar-refractivity contribution >= 4 is 11.4 Å². The van der Waals surface area contributed by atoms with E-state index in [9.17, 15) is 4.79 Å². The Bertz CT molecular complexity index is 762. The number of nitrogens with zero attached hydrogens (tertiary/aromatic N) is 2. The highest BCUT2D eigenvalue weighted by atomic mass is 16.1. The molecule has 3 aliphatic rings. The molecule has 3 fully saturated rings. The number of terminal acetylenes is 1. The number of rotatable bonds is 2. The van der Waals surface area contributed by atoms with E-state index in [1.807, 2.05) is 34.9 Å². The van der Waals surface area contributed by atoms with Crippen LogP contribution in [0, 0.1) is 18.3 Å². The van der Waals surface area contributed by atoms with E-state index in [-0.39, 0.29) is 11.9 Å². The summed E-state index contributed by atoms with van der Waals surface area (Å²) in [6.45, 7) is 3.34. The standard InChI is InChI=1S/C18H19N3O/c1-2-15-5-6-16-4-3-14(11-21(15)16)18(22)19-17-12-20-9-7-13(17)8-10-20/h1,3-6,11,13,17H,7-10,12H2,(H,19,22)/t17-/m0/s1. The summed E-state index contributed by atoms with van der Waals surface area (Å²) in [7, 11) is 0. The Hall–Kier alpha value is -2.25. The van der Waals surface area contributed by atoms with Crippen molar-refractivity contribution in [3.05, 3.63) is 41.7 Å². The summed E-state index contributed by atoms with van der Waals surface area (Å²) in [6.07, 6.45) is 9.73. The van der Waals surface area contributed by atoms with Crippen LogP contribution in [-0.2, 0) is 0 Å². The largest absolute Gasteiger partial charge is 0.348 e. The Kier molecular flexibility index (Phi) is 3.16. The van der Waals surface area contributed by atoms with Gasteiger partial charge in [-0.1, -0.05) is 5.92 Å². The van der Waals surface area contributed by atoms with Crippen LogP contribution in [0.25, 0.3) is 5.52 Å². The van der Waals surface area contributed by atoms with E-state index in [1.54, 1.807) is 0 Å². The van der Waals surface area contributed by atoms with Crippen LogP contribution in [0.1, 0.15) is 28.9 Å². The van der Waals surface area contributed by atoms with Gasteiger partial charge in [0.15, 0.2) is 0 Å². The highest BCUT2D eigenvalue weighted by molar-refractivity contribution is 5.94. The second kappa shape index (κ2) is 5.19. The molecule has 3 aliphatic heterocycles. The lowest BCUT2D eigenvalue weighted by Gasteiger charge is -2.44. The van der Waals surface area contributed by atoms with Gasteiger partial charge in [0.25, 0.3) is 5.91 Å². The first kappa shape index (κ1) is 13.4. The van der Waals surface area contributed by atoms with E-state index >= 15 is 0 Å². The fourth-order valence-corrected chi connectivity index (χ4v) is 3.73. The van der Waals surface area contributed by atoms with E-state index in [2.05, 4.69) is 16.1 Å². The molecule has 5 heterocycles. The Morgan fingerprint density at radius 3 is 2.68 bits per heavy atom. The van der Waals surface area contributed by atoms with Crippen molar-refractivity contribution in [2.45, 2.75) is 18.9 Å². The quantitative estimate of drug-likeness (QED) is 0.856. The van der Waals surface area contributed by atoms with Gasteiger partial charge in [-0.05, 0) is 56.1 Å². The molecular formula is C18H19N3O. The minimum absolute atomic E-state index is 0.00248. The lowest BCUT2D eigenvalue weighted by atomic mass is 9.84. The topological polar surface area (TPSA) is 36.8 Å². The van der Waals surface area contributed by atoms with Crippen LogP contribution in [0.5, 0.6) is 0 Å². The number of piperidine rings is 3. The molecule has 112 valence electrons. The molecule has 2 bridgehead atoms. The third-order valence-corrected chi connectivity index (χ3v) is 5.03. The Labute approximate surface area is 130 Å². The first-order chi connectivity index (χ1) is 10.7. The second-order valence-corrected chi connectivity index (χ2v) is 6.29. The van der Waals surface area contributed by atoms with Crippen LogP contribution in [-0.4, -0.2) is 40.9 Å². The number of hydrogen-bond donors (Lipinski definition) is 1. The van der Waals surface area contributed by atoms with Crippen LogP contribution in [0.15, 0.2) is 30.5 Å².